The first-order valence-corrected chi connectivity index (χ1v) is 5.86. The standard InChI is InChI=1S/C11H20N2O2/c1-8(9-5-12-6-9)11(15)13-4-2-3-10(14)7-13/h8-10,12,14H,2-7H2,1H3. The Bertz CT molecular complexity index is 241. The first-order chi connectivity index (χ1) is 7.18. The first kappa shape index (κ1) is 10.9. The van der Waals surface area contributed by atoms with Gasteiger partial charge in [-0.25, -0.2) is 0 Å². The maximum Gasteiger partial charge on any atom is 0.225 e. The molecule has 2 saturated heterocycles. The van der Waals surface area contributed by atoms with Crippen molar-refractivity contribution >= 4 is 5.91 Å². The van der Waals surface area contributed by atoms with Crippen molar-refractivity contribution < 1.29 is 9.90 Å². The van der Waals surface area contributed by atoms with Gasteiger partial charge in [-0.15, -0.1) is 0 Å². The van der Waals surface area contributed by atoms with Crippen LogP contribution in [0, 0.1) is 11.8 Å². The molecule has 86 valence electrons. The fourth-order valence-electron chi connectivity index (χ4n) is 2.31. The molecular formula is C11H20N2O2. The number of amides is 1. The molecule has 0 aromatic heterocycles. The van der Waals surface area contributed by atoms with Gasteiger partial charge in [-0.1, -0.05) is 6.92 Å². The molecular weight excluding hydrogens is 192 g/mol. The van der Waals surface area contributed by atoms with Crippen LogP contribution in [0.25, 0.3) is 0 Å². The Morgan fingerprint density at radius 1 is 1.53 bits per heavy atom. The molecule has 0 radical (unpaired) electrons. The zero-order valence-electron chi connectivity index (χ0n) is 9.28. The lowest BCUT2D eigenvalue weighted by molar-refractivity contribution is -0.140. The average Bonchev–Trinajstić information content (AvgIpc) is 2.14. The van der Waals surface area contributed by atoms with E-state index in [4.69, 9.17) is 0 Å². The second-order valence-corrected chi connectivity index (χ2v) is 4.79. The highest BCUT2D eigenvalue weighted by atomic mass is 16.3. The minimum atomic E-state index is -0.311. The monoisotopic (exact) mass is 212 g/mol. The van der Waals surface area contributed by atoms with Gasteiger partial charge in [-0.3, -0.25) is 4.79 Å². The summed E-state index contributed by atoms with van der Waals surface area (Å²) < 4.78 is 0. The Morgan fingerprint density at radius 2 is 2.27 bits per heavy atom. The summed E-state index contributed by atoms with van der Waals surface area (Å²) in [7, 11) is 0. The third kappa shape index (κ3) is 2.32. The molecule has 0 aromatic rings. The number of β-amino-alcohol motifs (C(OH)–C–C–N with tert-alkyl or cyclic N) is 1. The molecule has 0 saturated carbocycles. The lowest BCUT2D eigenvalue weighted by Crippen LogP contribution is -2.52. The van der Waals surface area contributed by atoms with Gasteiger partial charge < -0.3 is 15.3 Å². The van der Waals surface area contributed by atoms with Crippen molar-refractivity contribution in [2.24, 2.45) is 11.8 Å². The van der Waals surface area contributed by atoms with Gasteiger partial charge in [0.2, 0.25) is 5.91 Å². The van der Waals surface area contributed by atoms with E-state index in [1.807, 2.05) is 11.8 Å². The number of rotatable bonds is 2. The normalized spacial score (nSPS) is 29.7. The Kier molecular flexibility index (Phi) is 3.26. The van der Waals surface area contributed by atoms with E-state index in [0.717, 1.165) is 32.5 Å². The van der Waals surface area contributed by atoms with Gasteiger partial charge in [0, 0.05) is 19.0 Å². The van der Waals surface area contributed by atoms with Gasteiger partial charge in [0.15, 0.2) is 0 Å². The van der Waals surface area contributed by atoms with E-state index in [2.05, 4.69) is 5.32 Å². The number of nitrogens with zero attached hydrogens (tertiary/aromatic N) is 1. The molecule has 2 heterocycles. The van der Waals surface area contributed by atoms with E-state index in [1.165, 1.54) is 0 Å². The van der Waals surface area contributed by atoms with Gasteiger partial charge in [-0.05, 0) is 31.8 Å². The highest BCUT2D eigenvalue weighted by Gasteiger charge is 2.33. The van der Waals surface area contributed by atoms with Crippen LogP contribution in [0.2, 0.25) is 0 Å². The minimum absolute atomic E-state index is 0.108. The zero-order chi connectivity index (χ0) is 10.8. The number of hydrogen-bond acceptors (Lipinski definition) is 3. The molecule has 4 nitrogen and oxygen atoms in total. The molecule has 0 aliphatic carbocycles. The van der Waals surface area contributed by atoms with Crippen LogP contribution >= 0.6 is 0 Å². The summed E-state index contributed by atoms with van der Waals surface area (Å²) in [6.07, 6.45) is 1.46. The molecule has 0 aromatic carbocycles. The second-order valence-electron chi connectivity index (χ2n) is 4.79. The minimum Gasteiger partial charge on any atom is -0.391 e. The topological polar surface area (TPSA) is 52.6 Å². The van der Waals surface area contributed by atoms with Crippen LogP contribution in [0.3, 0.4) is 0 Å². The fraction of sp³-hybridized carbons (Fsp3) is 0.909. The summed E-state index contributed by atoms with van der Waals surface area (Å²) >= 11 is 0. The van der Waals surface area contributed by atoms with Crippen molar-refractivity contribution in [1.29, 1.82) is 0 Å². The molecule has 4 heteroatoms. The molecule has 2 aliphatic heterocycles. The smallest absolute Gasteiger partial charge is 0.225 e. The van der Waals surface area contributed by atoms with Gasteiger partial charge in [0.05, 0.1) is 6.10 Å². The van der Waals surface area contributed by atoms with Crippen molar-refractivity contribution in [2.75, 3.05) is 26.2 Å². The number of piperidine rings is 1. The van der Waals surface area contributed by atoms with Gasteiger partial charge >= 0.3 is 0 Å². The van der Waals surface area contributed by atoms with Crippen LogP contribution in [0.1, 0.15) is 19.8 Å². The summed E-state index contributed by atoms with van der Waals surface area (Å²) in [5.41, 5.74) is 0. The van der Waals surface area contributed by atoms with E-state index in [9.17, 15) is 9.90 Å². The number of likely N-dealkylation sites (tertiary alicyclic amines) is 1. The summed E-state index contributed by atoms with van der Waals surface area (Å²) in [5.74, 6) is 0.827. The highest BCUT2D eigenvalue weighted by Crippen LogP contribution is 2.20. The maximum atomic E-state index is 12.1. The van der Waals surface area contributed by atoms with Gasteiger partial charge in [0.1, 0.15) is 0 Å². The number of aliphatic hydroxyl groups excluding tert-OH is 1. The van der Waals surface area contributed by atoms with E-state index < -0.39 is 0 Å². The molecule has 2 unspecified atom stereocenters. The molecule has 2 atom stereocenters. The summed E-state index contributed by atoms with van der Waals surface area (Å²) in [6.45, 7) is 5.28. The van der Waals surface area contributed by atoms with Crippen molar-refractivity contribution in [3.8, 4) is 0 Å². The number of nitrogens with one attached hydrogen (secondary N) is 1. The van der Waals surface area contributed by atoms with Crippen LogP contribution in [-0.4, -0.2) is 48.2 Å². The molecule has 2 aliphatic rings. The van der Waals surface area contributed by atoms with Crippen molar-refractivity contribution in [3.05, 3.63) is 0 Å². The third-order valence-electron chi connectivity index (χ3n) is 3.62. The zero-order valence-corrected chi connectivity index (χ0v) is 9.28. The molecule has 15 heavy (non-hydrogen) atoms. The summed E-state index contributed by atoms with van der Waals surface area (Å²) in [4.78, 5) is 13.9. The van der Waals surface area contributed by atoms with Crippen molar-refractivity contribution in [3.63, 3.8) is 0 Å². The largest absolute Gasteiger partial charge is 0.391 e. The predicted molar refractivity (Wildman–Crippen MR) is 57.3 cm³/mol. The van der Waals surface area contributed by atoms with E-state index in [0.29, 0.717) is 12.5 Å². The SMILES string of the molecule is CC(C(=O)N1CCCC(O)C1)C1CNC1. The van der Waals surface area contributed by atoms with Gasteiger partial charge in [0.25, 0.3) is 0 Å². The Morgan fingerprint density at radius 3 is 2.80 bits per heavy atom. The van der Waals surface area contributed by atoms with Crippen molar-refractivity contribution in [2.45, 2.75) is 25.9 Å². The summed E-state index contributed by atoms with van der Waals surface area (Å²) in [6, 6.07) is 0. The number of aliphatic hydroxyl groups is 1. The predicted octanol–water partition coefficient (Wildman–Crippen LogP) is -0.175. The third-order valence-corrected chi connectivity index (χ3v) is 3.62. The van der Waals surface area contributed by atoms with Crippen LogP contribution in [0.15, 0.2) is 0 Å². The fourth-order valence-corrected chi connectivity index (χ4v) is 2.31. The van der Waals surface area contributed by atoms with E-state index in [1.54, 1.807) is 0 Å². The number of carbonyl (C=O) groups excluding carboxylic acids is 1. The van der Waals surface area contributed by atoms with E-state index in [-0.39, 0.29) is 17.9 Å². The molecule has 2 fully saturated rings. The quantitative estimate of drug-likeness (QED) is 0.668. The van der Waals surface area contributed by atoms with Crippen LogP contribution in [0.5, 0.6) is 0 Å². The summed E-state index contributed by atoms with van der Waals surface area (Å²) in [5, 5.41) is 12.7. The Labute approximate surface area is 90.6 Å². The molecule has 0 bridgehead atoms. The molecule has 2 rings (SSSR count). The lowest BCUT2D eigenvalue weighted by atomic mass is 9.87. The average molecular weight is 212 g/mol. The first-order valence-electron chi connectivity index (χ1n) is 5.86. The maximum absolute atomic E-state index is 12.1. The molecule has 2 N–H and O–H groups in total. The Balaban J connectivity index is 1.88. The van der Waals surface area contributed by atoms with Crippen molar-refractivity contribution in [1.82, 2.24) is 10.2 Å². The van der Waals surface area contributed by atoms with Crippen LogP contribution in [-0.2, 0) is 4.79 Å². The Hall–Kier alpha value is -0.610. The highest BCUT2D eigenvalue weighted by molar-refractivity contribution is 5.79. The number of hydrogen-bond donors (Lipinski definition) is 2. The van der Waals surface area contributed by atoms with Crippen LogP contribution in [0.4, 0.5) is 0 Å². The second kappa shape index (κ2) is 4.49. The number of carbonyl (C=O) groups is 1. The lowest BCUT2D eigenvalue weighted by Gasteiger charge is -2.37. The van der Waals surface area contributed by atoms with E-state index >= 15 is 0 Å². The molecule has 1 amide bonds. The van der Waals surface area contributed by atoms with Crippen LogP contribution < -0.4 is 5.32 Å². The van der Waals surface area contributed by atoms with Gasteiger partial charge in [-0.2, -0.15) is 0 Å². The molecule has 0 spiro atoms.